The lowest BCUT2D eigenvalue weighted by Gasteiger charge is -2.19. The summed E-state index contributed by atoms with van der Waals surface area (Å²) in [6, 6.07) is 17.0. The second-order valence-electron chi connectivity index (χ2n) is 6.04. The molecule has 0 aliphatic rings. The molecule has 0 spiro atoms. The van der Waals surface area contributed by atoms with Gasteiger partial charge in [0.1, 0.15) is 5.75 Å². The highest BCUT2D eigenvalue weighted by Gasteiger charge is 2.16. The predicted octanol–water partition coefficient (Wildman–Crippen LogP) is 3.11. The number of benzene rings is 2. The van der Waals surface area contributed by atoms with E-state index in [9.17, 15) is 9.90 Å². The number of hydrogen-bond acceptors (Lipinski definition) is 3. The van der Waals surface area contributed by atoms with Gasteiger partial charge in [0.2, 0.25) is 5.91 Å². The smallest absolute Gasteiger partial charge is 0.220 e. The number of carbonyl (C=O) groups excluding carboxylic acids is 1. The standard InChI is InChI=1S/C20H25NO3/c1-15(12-17-10-6-7-11-19(17)24-2)13-20(23)21-18(14-22)16-8-4-3-5-9-16/h3-11,15,18,22H,12-14H2,1-2H3,(H,21,23). The number of para-hydroxylation sites is 1. The molecule has 0 aliphatic carbocycles. The molecule has 2 unspecified atom stereocenters. The number of hydrogen-bond donors (Lipinski definition) is 2. The Balaban J connectivity index is 1.91. The predicted molar refractivity (Wildman–Crippen MR) is 94.9 cm³/mol. The summed E-state index contributed by atoms with van der Waals surface area (Å²) < 4.78 is 5.36. The molecule has 0 bridgehead atoms. The summed E-state index contributed by atoms with van der Waals surface area (Å²) in [4.78, 5) is 12.3. The summed E-state index contributed by atoms with van der Waals surface area (Å²) in [5.41, 5.74) is 2.01. The Morgan fingerprint density at radius 3 is 2.46 bits per heavy atom. The van der Waals surface area contributed by atoms with Gasteiger partial charge in [0.05, 0.1) is 19.8 Å². The van der Waals surface area contributed by atoms with Gasteiger partial charge >= 0.3 is 0 Å². The van der Waals surface area contributed by atoms with Gasteiger partial charge in [-0.1, -0.05) is 55.5 Å². The summed E-state index contributed by atoms with van der Waals surface area (Å²) in [7, 11) is 1.65. The molecule has 1 amide bonds. The van der Waals surface area contributed by atoms with E-state index in [0.717, 1.165) is 23.3 Å². The molecule has 0 aromatic heterocycles. The van der Waals surface area contributed by atoms with Gasteiger partial charge in [-0.2, -0.15) is 0 Å². The largest absolute Gasteiger partial charge is 0.496 e. The molecular weight excluding hydrogens is 302 g/mol. The topological polar surface area (TPSA) is 58.6 Å². The van der Waals surface area contributed by atoms with E-state index in [1.54, 1.807) is 7.11 Å². The molecule has 0 saturated carbocycles. The van der Waals surface area contributed by atoms with E-state index in [2.05, 4.69) is 5.32 Å². The monoisotopic (exact) mass is 327 g/mol. The molecule has 24 heavy (non-hydrogen) atoms. The molecule has 0 radical (unpaired) electrons. The maximum absolute atomic E-state index is 12.3. The van der Waals surface area contributed by atoms with Crippen molar-refractivity contribution in [1.82, 2.24) is 5.32 Å². The van der Waals surface area contributed by atoms with Crippen molar-refractivity contribution >= 4 is 5.91 Å². The SMILES string of the molecule is COc1ccccc1CC(C)CC(=O)NC(CO)c1ccccc1. The minimum absolute atomic E-state index is 0.0553. The van der Waals surface area contributed by atoms with Gasteiger partial charge < -0.3 is 15.2 Å². The fourth-order valence-corrected chi connectivity index (χ4v) is 2.81. The summed E-state index contributed by atoms with van der Waals surface area (Å²) in [5.74, 6) is 0.971. The maximum Gasteiger partial charge on any atom is 0.220 e. The molecule has 2 aromatic carbocycles. The van der Waals surface area contributed by atoms with Crippen LogP contribution in [0.4, 0.5) is 0 Å². The van der Waals surface area contributed by atoms with E-state index in [1.807, 2.05) is 61.5 Å². The molecule has 2 aromatic rings. The molecular formula is C20H25NO3. The summed E-state index contributed by atoms with van der Waals surface area (Å²) in [6.07, 6.45) is 1.17. The summed E-state index contributed by atoms with van der Waals surface area (Å²) in [5, 5.41) is 12.4. The molecule has 0 aliphatic heterocycles. The van der Waals surface area contributed by atoms with Crippen molar-refractivity contribution in [3.63, 3.8) is 0 Å². The van der Waals surface area contributed by atoms with E-state index in [4.69, 9.17) is 4.74 Å². The van der Waals surface area contributed by atoms with Crippen molar-refractivity contribution in [1.29, 1.82) is 0 Å². The minimum atomic E-state index is -0.364. The number of aliphatic hydroxyl groups is 1. The van der Waals surface area contributed by atoms with Crippen LogP contribution in [0.5, 0.6) is 5.75 Å². The van der Waals surface area contributed by atoms with Gasteiger partial charge in [0, 0.05) is 6.42 Å². The van der Waals surface area contributed by atoms with Crippen molar-refractivity contribution in [2.24, 2.45) is 5.92 Å². The van der Waals surface area contributed by atoms with Gasteiger partial charge in [-0.3, -0.25) is 4.79 Å². The fourth-order valence-electron chi connectivity index (χ4n) is 2.81. The van der Waals surface area contributed by atoms with Gasteiger partial charge in [-0.05, 0) is 29.5 Å². The summed E-state index contributed by atoms with van der Waals surface area (Å²) >= 11 is 0. The first kappa shape index (κ1) is 18.0. The fraction of sp³-hybridized carbons (Fsp3) is 0.350. The van der Waals surface area contributed by atoms with Crippen LogP contribution >= 0.6 is 0 Å². The molecule has 0 saturated heterocycles. The highest BCUT2D eigenvalue weighted by molar-refractivity contribution is 5.76. The van der Waals surface area contributed by atoms with Crippen molar-refractivity contribution < 1.29 is 14.6 Å². The Morgan fingerprint density at radius 1 is 1.12 bits per heavy atom. The molecule has 2 N–H and O–H groups in total. The Bertz CT molecular complexity index is 642. The Labute approximate surface area is 143 Å². The Hall–Kier alpha value is -2.33. The molecule has 2 atom stereocenters. The van der Waals surface area contributed by atoms with Gasteiger partial charge in [-0.15, -0.1) is 0 Å². The van der Waals surface area contributed by atoms with Crippen LogP contribution in [0.15, 0.2) is 54.6 Å². The van der Waals surface area contributed by atoms with Crippen LogP contribution in [0.1, 0.15) is 30.5 Å². The van der Waals surface area contributed by atoms with E-state index < -0.39 is 0 Å². The zero-order valence-corrected chi connectivity index (χ0v) is 14.2. The molecule has 0 fully saturated rings. The first-order valence-corrected chi connectivity index (χ1v) is 8.21. The number of carbonyl (C=O) groups is 1. The molecule has 128 valence electrons. The van der Waals surface area contributed by atoms with E-state index in [0.29, 0.717) is 6.42 Å². The number of methoxy groups -OCH3 is 1. The van der Waals surface area contributed by atoms with Gasteiger partial charge in [-0.25, -0.2) is 0 Å². The zero-order chi connectivity index (χ0) is 17.4. The third-order valence-corrected chi connectivity index (χ3v) is 4.01. The van der Waals surface area contributed by atoms with Crippen molar-refractivity contribution in [3.8, 4) is 5.75 Å². The second kappa shape index (κ2) is 9.08. The van der Waals surface area contributed by atoms with Crippen LogP contribution in [-0.2, 0) is 11.2 Å². The van der Waals surface area contributed by atoms with E-state index >= 15 is 0 Å². The number of rotatable bonds is 8. The lowest BCUT2D eigenvalue weighted by atomic mass is 9.96. The maximum atomic E-state index is 12.3. The van der Waals surface area contributed by atoms with Gasteiger partial charge in [0.15, 0.2) is 0 Å². The number of aliphatic hydroxyl groups excluding tert-OH is 1. The van der Waals surface area contributed by atoms with Crippen LogP contribution in [0.3, 0.4) is 0 Å². The first-order chi connectivity index (χ1) is 11.6. The van der Waals surface area contributed by atoms with Crippen LogP contribution < -0.4 is 10.1 Å². The third-order valence-electron chi connectivity index (χ3n) is 4.01. The number of ether oxygens (including phenoxy) is 1. The van der Waals surface area contributed by atoms with E-state index in [-0.39, 0.29) is 24.5 Å². The number of amides is 1. The first-order valence-electron chi connectivity index (χ1n) is 8.21. The van der Waals surface area contributed by atoms with Crippen LogP contribution in [0, 0.1) is 5.92 Å². The number of nitrogens with one attached hydrogen (secondary N) is 1. The normalized spacial score (nSPS) is 13.1. The second-order valence-corrected chi connectivity index (χ2v) is 6.04. The average Bonchev–Trinajstić information content (AvgIpc) is 2.60. The van der Waals surface area contributed by atoms with Crippen molar-refractivity contribution in [3.05, 3.63) is 65.7 Å². The lowest BCUT2D eigenvalue weighted by molar-refractivity contribution is -0.123. The van der Waals surface area contributed by atoms with Crippen molar-refractivity contribution in [2.45, 2.75) is 25.8 Å². The quantitative estimate of drug-likeness (QED) is 0.783. The highest BCUT2D eigenvalue weighted by atomic mass is 16.5. The highest BCUT2D eigenvalue weighted by Crippen LogP contribution is 2.22. The molecule has 4 heteroatoms. The average molecular weight is 327 g/mol. The molecule has 4 nitrogen and oxygen atoms in total. The Kier molecular flexibility index (Phi) is 6.82. The van der Waals surface area contributed by atoms with Crippen LogP contribution in [0.25, 0.3) is 0 Å². The zero-order valence-electron chi connectivity index (χ0n) is 14.2. The Morgan fingerprint density at radius 2 is 1.79 bits per heavy atom. The van der Waals surface area contributed by atoms with Crippen LogP contribution in [0.2, 0.25) is 0 Å². The molecule has 2 rings (SSSR count). The van der Waals surface area contributed by atoms with Crippen molar-refractivity contribution in [2.75, 3.05) is 13.7 Å². The van der Waals surface area contributed by atoms with Gasteiger partial charge in [0.25, 0.3) is 0 Å². The van der Waals surface area contributed by atoms with E-state index in [1.165, 1.54) is 0 Å². The van der Waals surface area contributed by atoms with Crippen LogP contribution in [-0.4, -0.2) is 24.7 Å². The third kappa shape index (κ3) is 5.10. The minimum Gasteiger partial charge on any atom is -0.496 e. The lowest BCUT2D eigenvalue weighted by Crippen LogP contribution is -2.32. The molecule has 0 heterocycles. The summed E-state index contributed by atoms with van der Waals surface area (Å²) in [6.45, 7) is 1.93.